The van der Waals surface area contributed by atoms with Crippen molar-refractivity contribution in [1.82, 2.24) is 4.98 Å². The maximum absolute atomic E-state index is 9.47. The summed E-state index contributed by atoms with van der Waals surface area (Å²) >= 11 is 0. The molecule has 0 amide bonds. The fraction of sp³-hybridized carbons (Fsp3) is 0.467. The molecule has 2 N–H and O–H groups in total. The number of hydrogen-bond acceptors (Lipinski definition) is 1. The molecule has 1 aromatic carbocycles. The molecule has 0 saturated heterocycles. The number of phenolic OH excluding ortho intramolecular Hbond substituents is 1. The Hall–Kier alpha value is -1.44. The number of hydrogen-bond donors (Lipinski definition) is 2. The van der Waals surface area contributed by atoms with E-state index < -0.39 is 0 Å². The van der Waals surface area contributed by atoms with Gasteiger partial charge in [0.2, 0.25) is 0 Å². The molecule has 0 atom stereocenters. The van der Waals surface area contributed by atoms with Crippen molar-refractivity contribution >= 4 is 10.9 Å². The lowest BCUT2D eigenvalue weighted by Gasteiger charge is -2.11. The van der Waals surface area contributed by atoms with Gasteiger partial charge in [0.15, 0.2) is 0 Å². The molecule has 0 bridgehead atoms. The minimum atomic E-state index is 0.340. The van der Waals surface area contributed by atoms with E-state index in [1.54, 1.807) is 6.07 Å². The van der Waals surface area contributed by atoms with Gasteiger partial charge in [0.05, 0.1) is 0 Å². The molecule has 1 fully saturated rings. The molecule has 1 aliphatic carbocycles. The average Bonchev–Trinajstić information content (AvgIpc) is 2.57. The molecule has 1 saturated carbocycles. The van der Waals surface area contributed by atoms with Crippen molar-refractivity contribution in [2.45, 2.75) is 44.4 Å². The van der Waals surface area contributed by atoms with E-state index in [4.69, 9.17) is 0 Å². The summed E-state index contributed by atoms with van der Waals surface area (Å²) in [6.45, 7) is 0. The Morgan fingerprint density at radius 3 is 2.53 bits per heavy atom. The van der Waals surface area contributed by atoms with Crippen LogP contribution in [0.3, 0.4) is 0 Å². The van der Waals surface area contributed by atoms with Crippen LogP contribution in [0.1, 0.15) is 50.1 Å². The maximum Gasteiger partial charge on any atom is 0.117 e. The van der Waals surface area contributed by atoms with Gasteiger partial charge in [-0.05, 0) is 42.3 Å². The summed E-state index contributed by atoms with van der Waals surface area (Å²) in [6.07, 6.45) is 8.09. The van der Waals surface area contributed by atoms with E-state index in [9.17, 15) is 5.11 Å². The Balaban J connectivity index is 1.93. The second-order valence-corrected chi connectivity index (χ2v) is 5.18. The molecule has 2 nitrogen and oxygen atoms in total. The van der Waals surface area contributed by atoms with Crippen LogP contribution in [0.15, 0.2) is 24.3 Å². The van der Waals surface area contributed by atoms with Crippen LogP contribution in [0, 0.1) is 0 Å². The first-order valence-corrected chi connectivity index (χ1v) is 6.64. The van der Waals surface area contributed by atoms with Crippen molar-refractivity contribution in [2.75, 3.05) is 0 Å². The quantitative estimate of drug-likeness (QED) is 0.702. The van der Waals surface area contributed by atoms with E-state index in [0.717, 1.165) is 5.52 Å². The van der Waals surface area contributed by atoms with E-state index in [1.807, 2.05) is 12.1 Å². The van der Waals surface area contributed by atoms with E-state index in [-0.39, 0.29) is 0 Å². The van der Waals surface area contributed by atoms with Gasteiger partial charge in [0.25, 0.3) is 0 Å². The van der Waals surface area contributed by atoms with Crippen LogP contribution in [0.2, 0.25) is 0 Å². The smallest absolute Gasteiger partial charge is 0.117 e. The number of nitrogens with one attached hydrogen (secondary N) is 1. The van der Waals surface area contributed by atoms with Crippen LogP contribution >= 0.6 is 0 Å². The van der Waals surface area contributed by atoms with Crippen LogP contribution in [-0.4, -0.2) is 10.1 Å². The third-order valence-electron chi connectivity index (χ3n) is 3.92. The van der Waals surface area contributed by atoms with Crippen molar-refractivity contribution in [3.63, 3.8) is 0 Å². The second-order valence-electron chi connectivity index (χ2n) is 5.18. The monoisotopic (exact) mass is 229 g/mol. The van der Waals surface area contributed by atoms with Crippen LogP contribution in [-0.2, 0) is 0 Å². The van der Waals surface area contributed by atoms with E-state index in [0.29, 0.717) is 11.7 Å². The van der Waals surface area contributed by atoms with Crippen LogP contribution < -0.4 is 0 Å². The number of aromatic hydroxyl groups is 1. The van der Waals surface area contributed by atoms with Crippen LogP contribution in [0.5, 0.6) is 5.75 Å². The molecule has 1 aromatic heterocycles. The molecule has 3 rings (SSSR count). The number of rotatable bonds is 1. The highest BCUT2D eigenvalue weighted by atomic mass is 16.3. The molecule has 0 spiro atoms. The predicted molar refractivity (Wildman–Crippen MR) is 70.4 cm³/mol. The third kappa shape index (κ3) is 2.17. The lowest BCUT2D eigenvalue weighted by atomic mass is 9.97. The highest BCUT2D eigenvalue weighted by molar-refractivity contribution is 5.81. The summed E-state index contributed by atoms with van der Waals surface area (Å²) in [5.41, 5.74) is 2.41. The molecular formula is C15H19NO. The third-order valence-corrected chi connectivity index (χ3v) is 3.92. The highest BCUT2D eigenvalue weighted by Crippen LogP contribution is 2.33. The molecule has 0 aliphatic heterocycles. The normalized spacial score (nSPS) is 18.4. The Morgan fingerprint density at radius 2 is 1.76 bits per heavy atom. The molecule has 17 heavy (non-hydrogen) atoms. The second kappa shape index (κ2) is 4.44. The molecule has 90 valence electrons. The molecule has 1 aliphatic rings. The fourth-order valence-corrected chi connectivity index (χ4v) is 2.95. The molecule has 0 unspecified atom stereocenters. The van der Waals surface area contributed by atoms with Gasteiger partial charge in [-0.15, -0.1) is 0 Å². The van der Waals surface area contributed by atoms with Gasteiger partial charge >= 0.3 is 0 Å². The minimum Gasteiger partial charge on any atom is -0.508 e. The SMILES string of the molecule is Oc1ccc2cc(C3CCCCCC3)[nH]c2c1. The van der Waals surface area contributed by atoms with Crippen molar-refractivity contribution < 1.29 is 5.11 Å². The van der Waals surface area contributed by atoms with Crippen LogP contribution in [0.4, 0.5) is 0 Å². The first-order chi connectivity index (χ1) is 8.33. The van der Waals surface area contributed by atoms with Crippen molar-refractivity contribution in [2.24, 2.45) is 0 Å². The van der Waals surface area contributed by atoms with Gasteiger partial charge in [0.1, 0.15) is 5.75 Å². The van der Waals surface area contributed by atoms with Gasteiger partial charge in [-0.1, -0.05) is 25.7 Å². The number of aromatic nitrogens is 1. The van der Waals surface area contributed by atoms with Gasteiger partial charge in [0, 0.05) is 17.3 Å². The first-order valence-electron chi connectivity index (χ1n) is 6.64. The van der Waals surface area contributed by atoms with Gasteiger partial charge in [-0.3, -0.25) is 0 Å². The van der Waals surface area contributed by atoms with E-state index in [2.05, 4.69) is 11.1 Å². The summed E-state index contributed by atoms with van der Waals surface area (Å²) < 4.78 is 0. The predicted octanol–water partition coefficient (Wildman–Crippen LogP) is 4.31. The summed E-state index contributed by atoms with van der Waals surface area (Å²) in [4.78, 5) is 3.47. The average molecular weight is 229 g/mol. The largest absolute Gasteiger partial charge is 0.508 e. The molecular weight excluding hydrogens is 210 g/mol. The summed E-state index contributed by atoms with van der Waals surface area (Å²) in [5, 5.41) is 10.7. The number of H-pyrrole nitrogens is 1. The lowest BCUT2D eigenvalue weighted by molar-refractivity contribution is 0.476. The Labute approximate surface area is 102 Å². The number of phenols is 1. The van der Waals surface area contributed by atoms with Gasteiger partial charge in [-0.2, -0.15) is 0 Å². The zero-order valence-corrected chi connectivity index (χ0v) is 10.1. The molecule has 0 radical (unpaired) electrons. The summed E-state index contributed by atoms with van der Waals surface area (Å²) in [5.74, 6) is 1.03. The van der Waals surface area contributed by atoms with Crippen molar-refractivity contribution in [3.8, 4) is 5.75 Å². The lowest BCUT2D eigenvalue weighted by Crippen LogP contribution is -1.96. The fourth-order valence-electron chi connectivity index (χ4n) is 2.95. The standard InChI is InChI=1S/C15H19NO/c17-13-8-7-12-9-14(16-15(12)10-13)11-5-3-1-2-4-6-11/h7-11,16-17H,1-6H2. The zero-order valence-electron chi connectivity index (χ0n) is 10.1. The Morgan fingerprint density at radius 1 is 1.00 bits per heavy atom. The Kier molecular flexibility index (Phi) is 2.79. The van der Waals surface area contributed by atoms with Crippen molar-refractivity contribution in [3.05, 3.63) is 30.0 Å². The first kappa shape index (κ1) is 10.7. The molecule has 1 heterocycles. The topological polar surface area (TPSA) is 36.0 Å². The maximum atomic E-state index is 9.47. The number of aromatic amines is 1. The zero-order chi connectivity index (χ0) is 11.7. The number of fused-ring (bicyclic) bond motifs is 1. The minimum absolute atomic E-state index is 0.340. The van der Waals surface area contributed by atoms with Gasteiger partial charge in [-0.25, -0.2) is 0 Å². The summed E-state index contributed by atoms with van der Waals surface area (Å²) in [7, 11) is 0. The number of benzene rings is 1. The van der Waals surface area contributed by atoms with E-state index in [1.165, 1.54) is 49.6 Å². The Bertz CT molecular complexity index is 507. The van der Waals surface area contributed by atoms with E-state index >= 15 is 0 Å². The molecule has 2 aromatic rings. The highest BCUT2D eigenvalue weighted by Gasteiger charge is 2.16. The van der Waals surface area contributed by atoms with Gasteiger partial charge < -0.3 is 10.1 Å². The van der Waals surface area contributed by atoms with Crippen LogP contribution in [0.25, 0.3) is 10.9 Å². The molecule has 2 heteroatoms. The summed E-state index contributed by atoms with van der Waals surface area (Å²) in [6, 6.07) is 7.81. The van der Waals surface area contributed by atoms with Crippen molar-refractivity contribution in [1.29, 1.82) is 0 Å².